The first-order chi connectivity index (χ1) is 9.10. The summed E-state index contributed by atoms with van der Waals surface area (Å²) in [5.41, 5.74) is 1.63. The molecule has 2 atom stereocenters. The Morgan fingerprint density at radius 3 is 2.74 bits per heavy atom. The lowest BCUT2D eigenvalue weighted by Crippen LogP contribution is -2.31. The van der Waals surface area contributed by atoms with Gasteiger partial charge in [-0.05, 0) is 55.4 Å². The molecular weight excluding hydrogens is 281 g/mol. The lowest BCUT2D eigenvalue weighted by molar-refractivity contribution is 0.0944. The Hall–Kier alpha value is -0.730. The molecule has 0 saturated heterocycles. The summed E-state index contributed by atoms with van der Waals surface area (Å²) < 4.78 is 0. The lowest BCUT2D eigenvalue weighted by Gasteiger charge is -2.17. The van der Waals surface area contributed by atoms with Gasteiger partial charge in [-0.3, -0.25) is 4.79 Å². The van der Waals surface area contributed by atoms with Crippen LogP contribution in [0.3, 0.4) is 0 Å². The zero-order chi connectivity index (χ0) is 13.8. The van der Waals surface area contributed by atoms with E-state index in [-0.39, 0.29) is 5.91 Å². The first-order valence-electron chi connectivity index (χ1n) is 6.71. The van der Waals surface area contributed by atoms with Gasteiger partial charge in [-0.1, -0.05) is 18.0 Å². The lowest BCUT2D eigenvalue weighted by atomic mass is 9.98. The standard InChI is InChI=1S/C15H19Cl2NO/c1-10-5-13(7-14(17)6-10)15(19)18-9-12-4-2-3-11(12)8-16/h5-7,11-12H,2-4,8-9H2,1H3,(H,18,19). The van der Waals surface area contributed by atoms with E-state index in [0.717, 1.165) is 12.0 Å². The van der Waals surface area contributed by atoms with Gasteiger partial charge in [-0.2, -0.15) is 0 Å². The van der Waals surface area contributed by atoms with Crippen molar-refractivity contribution in [3.8, 4) is 0 Å². The van der Waals surface area contributed by atoms with Crippen molar-refractivity contribution in [1.82, 2.24) is 5.32 Å². The van der Waals surface area contributed by atoms with Crippen LogP contribution in [0.2, 0.25) is 5.02 Å². The summed E-state index contributed by atoms with van der Waals surface area (Å²) in [5, 5.41) is 3.60. The van der Waals surface area contributed by atoms with Crippen LogP contribution in [0, 0.1) is 18.8 Å². The molecule has 1 N–H and O–H groups in total. The van der Waals surface area contributed by atoms with Crippen LogP contribution in [0.4, 0.5) is 0 Å². The molecule has 1 aromatic rings. The van der Waals surface area contributed by atoms with Gasteiger partial charge < -0.3 is 5.32 Å². The Kier molecular flexibility index (Phi) is 5.12. The smallest absolute Gasteiger partial charge is 0.251 e. The van der Waals surface area contributed by atoms with Crippen molar-refractivity contribution in [2.45, 2.75) is 26.2 Å². The van der Waals surface area contributed by atoms with Crippen molar-refractivity contribution in [2.75, 3.05) is 12.4 Å². The summed E-state index contributed by atoms with van der Waals surface area (Å²) in [6, 6.07) is 5.41. The van der Waals surface area contributed by atoms with Gasteiger partial charge in [0.05, 0.1) is 0 Å². The maximum Gasteiger partial charge on any atom is 0.251 e. The fraction of sp³-hybridized carbons (Fsp3) is 0.533. The third-order valence-electron chi connectivity index (χ3n) is 3.84. The zero-order valence-corrected chi connectivity index (χ0v) is 12.6. The number of amides is 1. The summed E-state index contributed by atoms with van der Waals surface area (Å²) in [7, 11) is 0. The van der Waals surface area contributed by atoms with Gasteiger partial charge in [-0.15, -0.1) is 11.6 Å². The molecule has 1 aromatic carbocycles. The van der Waals surface area contributed by atoms with Crippen molar-refractivity contribution in [3.63, 3.8) is 0 Å². The zero-order valence-electron chi connectivity index (χ0n) is 11.1. The number of hydrogen-bond acceptors (Lipinski definition) is 1. The number of rotatable bonds is 4. The molecule has 2 rings (SSSR count). The van der Waals surface area contributed by atoms with E-state index in [1.54, 1.807) is 6.07 Å². The monoisotopic (exact) mass is 299 g/mol. The first-order valence-corrected chi connectivity index (χ1v) is 7.62. The highest BCUT2D eigenvalue weighted by molar-refractivity contribution is 6.31. The molecule has 19 heavy (non-hydrogen) atoms. The highest BCUT2D eigenvalue weighted by Gasteiger charge is 2.26. The van der Waals surface area contributed by atoms with Gasteiger partial charge >= 0.3 is 0 Å². The van der Waals surface area contributed by atoms with Crippen molar-refractivity contribution in [1.29, 1.82) is 0 Å². The topological polar surface area (TPSA) is 29.1 Å². The molecule has 0 heterocycles. The number of nitrogens with one attached hydrogen (secondary N) is 1. The van der Waals surface area contributed by atoms with Crippen molar-refractivity contribution < 1.29 is 4.79 Å². The second-order valence-electron chi connectivity index (χ2n) is 5.33. The molecule has 0 bridgehead atoms. The Bertz CT molecular complexity index is 441. The van der Waals surface area contributed by atoms with E-state index in [0.29, 0.717) is 34.8 Å². The summed E-state index contributed by atoms with van der Waals surface area (Å²) in [6.45, 7) is 2.64. The minimum Gasteiger partial charge on any atom is -0.352 e. The Morgan fingerprint density at radius 1 is 1.32 bits per heavy atom. The minimum absolute atomic E-state index is 0.0502. The number of aryl methyl sites for hydroxylation is 1. The molecule has 2 nitrogen and oxygen atoms in total. The van der Waals surface area contributed by atoms with Crippen LogP contribution < -0.4 is 5.32 Å². The summed E-state index contributed by atoms with van der Waals surface area (Å²) in [5.74, 6) is 1.70. The first kappa shape index (κ1) is 14.7. The van der Waals surface area contributed by atoms with Crippen LogP contribution in [0.5, 0.6) is 0 Å². The number of carbonyl (C=O) groups excluding carboxylic acids is 1. The van der Waals surface area contributed by atoms with E-state index in [1.807, 2.05) is 19.1 Å². The van der Waals surface area contributed by atoms with E-state index < -0.39 is 0 Å². The summed E-state index contributed by atoms with van der Waals surface area (Å²) in [6.07, 6.45) is 3.56. The molecule has 1 amide bonds. The molecule has 0 radical (unpaired) electrons. The van der Waals surface area contributed by atoms with Gasteiger partial charge in [0.1, 0.15) is 0 Å². The normalized spacial score (nSPS) is 22.5. The molecule has 1 saturated carbocycles. The van der Waals surface area contributed by atoms with Crippen LogP contribution in [0.1, 0.15) is 35.2 Å². The second-order valence-corrected chi connectivity index (χ2v) is 6.08. The number of alkyl halides is 1. The van der Waals surface area contributed by atoms with Gasteiger partial charge in [0.15, 0.2) is 0 Å². The fourth-order valence-corrected chi connectivity index (χ4v) is 3.47. The highest BCUT2D eigenvalue weighted by Crippen LogP contribution is 2.32. The van der Waals surface area contributed by atoms with Gasteiger partial charge in [0, 0.05) is 23.0 Å². The van der Waals surface area contributed by atoms with Crippen LogP contribution in [0.15, 0.2) is 18.2 Å². The van der Waals surface area contributed by atoms with Crippen molar-refractivity contribution >= 4 is 29.1 Å². The molecule has 0 aromatic heterocycles. The Morgan fingerprint density at radius 2 is 2.05 bits per heavy atom. The number of halogens is 2. The van der Waals surface area contributed by atoms with E-state index in [4.69, 9.17) is 23.2 Å². The molecule has 1 aliphatic rings. The Labute approximate surface area is 124 Å². The Balaban J connectivity index is 1.94. The molecule has 2 unspecified atom stereocenters. The molecule has 1 fully saturated rings. The number of benzene rings is 1. The van der Waals surface area contributed by atoms with Gasteiger partial charge in [0.25, 0.3) is 5.91 Å². The van der Waals surface area contributed by atoms with E-state index >= 15 is 0 Å². The highest BCUT2D eigenvalue weighted by atomic mass is 35.5. The summed E-state index contributed by atoms with van der Waals surface area (Å²) in [4.78, 5) is 12.1. The fourth-order valence-electron chi connectivity index (χ4n) is 2.78. The average Bonchev–Trinajstić information content (AvgIpc) is 2.82. The molecule has 1 aliphatic carbocycles. The third-order valence-corrected chi connectivity index (χ3v) is 4.46. The number of hydrogen-bond donors (Lipinski definition) is 1. The second kappa shape index (κ2) is 6.62. The van der Waals surface area contributed by atoms with Crippen molar-refractivity contribution in [3.05, 3.63) is 34.3 Å². The van der Waals surface area contributed by atoms with Crippen LogP contribution >= 0.6 is 23.2 Å². The molecule has 104 valence electrons. The largest absolute Gasteiger partial charge is 0.352 e. The molecule has 4 heteroatoms. The van der Waals surface area contributed by atoms with Crippen LogP contribution in [-0.4, -0.2) is 18.3 Å². The predicted molar refractivity (Wildman–Crippen MR) is 80.1 cm³/mol. The van der Waals surface area contributed by atoms with E-state index in [1.165, 1.54) is 12.8 Å². The minimum atomic E-state index is -0.0502. The average molecular weight is 300 g/mol. The SMILES string of the molecule is Cc1cc(Cl)cc(C(=O)NCC2CCCC2CCl)c1. The van der Waals surface area contributed by atoms with Gasteiger partial charge in [-0.25, -0.2) is 0 Å². The third kappa shape index (κ3) is 3.87. The molecular formula is C15H19Cl2NO. The molecule has 0 aliphatic heterocycles. The number of carbonyl (C=O) groups is 1. The van der Waals surface area contributed by atoms with Crippen LogP contribution in [0.25, 0.3) is 0 Å². The molecule has 0 spiro atoms. The van der Waals surface area contributed by atoms with Crippen LogP contribution in [-0.2, 0) is 0 Å². The predicted octanol–water partition coefficient (Wildman–Crippen LogP) is 4.03. The summed E-state index contributed by atoms with van der Waals surface area (Å²) >= 11 is 11.9. The maximum absolute atomic E-state index is 12.1. The quantitative estimate of drug-likeness (QED) is 0.836. The maximum atomic E-state index is 12.1. The van der Waals surface area contributed by atoms with Gasteiger partial charge in [0.2, 0.25) is 0 Å². The van der Waals surface area contributed by atoms with E-state index in [2.05, 4.69) is 5.32 Å². The van der Waals surface area contributed by atoms with Crippen molar-refractivity contribution in [2.24, 2.45) is 11.8 Å². The van der Waals surface area contributed by atoms with E-state index in [9.17, 15) is 4.79 Å².